The Hall–Kier alpha value is -1.42. The van der Waals surface area contributed by atoms with Crippen LogP contribution >= 0.6 is 0 Å². The summed E-state index contributed by atoms with van der Waals surface area (Å²) in [7, 11) is 1.29. The van der Waals surface area contributed by atoms with Gasteiger partial charge in [-0.3, -0.25) is 0 Å². The third-order valence-corrected chi connectivity index (χ3v) is 2.92. The number of hydrogen-bond donors (Lipinski definition) is 1. The SMILES string of the molecule is COC(=O)c1ccc(C2CCNC2)c(F)c1. The van der Waals surface area contributed by atoms with Crippen LogP contribution in [0.1, 0.15) is 28.3 Å². The Bertz CT molecular complexity index is 400. The molecule has 1 fully saturated rings. The lowest BCUT2D eigenvalue weighted by molar-refractivity contribution is 0.0600. The van der Waals surface area contributed by atoms with Crippen LogP contribution in [0.5, 0.6) is 0 Å². The van der Waals surface area contributed by atoms with E-state index in [9.17, 15) is 9.18 Å². The first-order valence-corrected chi connectivity index (χ1v) is 5.31. The summed E-state index contributed by atoms with van der Waals surface area (Å²) in [6, 6.07) is 4.54. The highest BCUT2D eigenvalue weighted by Gasteiger charge is 2.20. The van der Waals surface area contributed by atoms with Gasteiger partial charge in [0.25, 0.3) is 0 Å². The van der Waals surface area contributed by atoms with Gasteiger partial charge in [0.1, 0.15) is 5.82 Å². The normalized spacial score (nSPS) is 19.8. The number of carbonyl (C=O) groups is 1. The number of esters is 1. The molecule has 0 bridgehead atoms. The second-order valence-electron chi connectivity index (χ2n) is 3.92. The van der Waals surface area contributed by atoms with Crippen LogP contribution in [0.15, 0.2) is 18.2 Å². The van der Waals surface area contributed by atoms with Crippen molar-refractivity contribution >= 4 is 5.97 Å². The number of hydrogen-bond acceptors (Lipinski definition) is 3. The summed E-state index contributed by atoms with van der Waals surface area (Å²) in [6.45, 7) is 1.72. The minimum absolute atomic E-state index is 0.215. The molecule has 0 amide bonds. The van der Waals surface area contributed by atoms with Crippen molar-refractivity contribution < 1.29 is 13.9 Å². The van der Waals surface area contributed by atoms with Gasteiger partial charge in [0.05, 0.1) is 12.7 Å². The van der Waals surface area contributed by atoms with Crippen molar-refractivity contribution in [3.05, 3.63) is 35.1 Å². The van der Waals surface area contributed by atoms with E-state index in [1.807, 2.05) is 0 Å². The molecule has 0 aromatic heterocycles. The van der Waals surface area contributed by atoms with Crippen molar-refractivity contribution in [2.45, 2.75) is 12.3 Å². The highest BCUT2D eigenvalue weighted by molar-refractivity contribution is 5.89. The fourth-order valence-corrected chi connectivity index (χ4v) is 2.02. The van der Waals surface area contributed by atoms with Gasteiger partial charge in [0.15, 0.2) is 0 Å². The van der Waals surface area contributed by atoms with E-state index in [4.69, 9.17) is 0 Å². The zero-order valence-electron chi connectivity index (χ0n) is 9.13. The monoisotopic (exact) mass is 223 g/mol. The molecule has 0 spiro atoms. The van der Waals surface area contributed by atoms with Crippen molar-refractivity contribution in [1.29, 1.82) is 0 Å². The van der Waals surface area contributed by atoms with Crippen LogP contribution in [0.3, 0.4) is 0 Å². The molecule has 1 atom stereocenters. The Morgan fingerprint density at radius 3 is 2.94 bits per heavy atom. The van der Waals surface area contributed by atoms with Gasteiger partial charge in [0.2, 0.25) is 0 Å². The molecule has 1 aliphatic heterocycles. The molecule has 16 heavy (non-hydrogen) atoms. The van der Waals surface area contributed by atoms with Crippen LogP contribution in [0.2, 0.25) is 0 Å². The third kappa shape index (κ3) is 2.07. The molecule has 0 aliphatic carbocycles. The van der Waals surface area contributed by atoms with Gasteiger partial charge in [-0.25, -0.2) is 9.18 Å². The van der Waals surface area contributed by atoms with Crippen molar-refractivity contribution in [1.82, 2.24) is 5.32 Å². The summed E-state index contributed by atoms with van der Waals surface area (Å²) in [6.07, 6.45) is 0.939. The Morgan fingerprint density at radius 1 is 1.56 bits per heavy atom. The fraction of sp³-hybridized carbons (Fsp3) is 0.417. The topological polar surface area (TPSA) is 38.3 Å². The lowest BCUT2D eigenvalue weighted by atomic mass is 9.96. The molecule has 4 heteroatoms. The van der Waals surface area contributed by atoms with Gasteiger partial charge >= 0.3 is 5.97 Å². The number of halogens is 1. The Kier molecular flexibility index (Phi) is 3.19. The van der Waals surface area contributed by atoms with Gasteiger partial charge in [-0.15, -0.1) is 0 Å². The minimum atomic E-state index is -0.505. The van der Waals surface area contributed by atoms with Crippen LogP contribution in [0, 0.1) is 5.82 Å². The maximum absolute atomic E-state index is 13.8. The highest BCUT2D eigenvalue weighted by Crippen LogP contribution is 2.25. The lowest BCUT2D eigenvalue weighted by Crippen LogP contribution is -2.10. The minimum Gasteiger partial charge on any atom is -0.465 e. The Morgan fingerprint density at radius 2 is 2.38 bits per heavy atom. The largest absolute Gasteiger partial charge is 0.465 e. The molecule has 1 heterocycles. The van der Waals surface area contributed by atoms with E-state index in [1.165, 1.54) is 13.2 Å². The van der Waals surface area contributed by atoms with E-state index in [-0.39, 0.29) is 17.3 Å². The molecule has 1 aliphatic rings. The second kappa shape index (κ2) is 4.61. The summed E-state index contributed by atoms with van der Waals surface area (Å²) < 4.78 is 18.3. The first-order valence-electron chi connectivity index (χ1n) is 5.31. The highest BCUT2D eigenvalue weighted by atomic mass is 19.1. The van der Waals surface area contributed by atoms with Crippen LogP contribution in [-0.4, -0.2) is 26.2 Å². The third-order valence-electron chi connectivity index (χ3n) is 2.92. The lowest BCUT2D eigenvalue weighted by Gasteiger charge is -2.10. The molecule has 1 aromatic carbocycles. The zero-order valence-corrected chi connectivity index (χ0v) is 9.13. The van der Waals surface area contributed by atoms with E-state index >= 15 is 0 Å². The molecule has 1 saturated heterocycles. The van der Waals surface area contributed by atoms with E-state index in [0.717, 1.165) is 19.5 Å². The quantitative estimate of drug-likeness (QED) is 0.775. The number of benzene rings is 1. The number of ether oxygens (including phenoxy) is 1. The fourth-order valence-electron chi connectivity index (χ4n) is 2.02. The summed E-state index contributed by atoms with van der Waals surface area (Å²) in [5.41, 5.74) is 0.937. The molecule has 0 radical (unpaired) electrons. The molecule has 1 aromatic rings. The molecule has 1 N–H and O–H groups in total. The number of methoxy groups -OCH3 is 1. The van der Waals surface area contributed by atoms with Gasteiger partial charge in [-0.2, -0.15) is 0 Å². The van der Waals surface area contributed by atoms with E-state index < -0.39 is 5.97 Å². The average molecular weight is 223 g/mol. The molecule has 86 valence electrons. The predicted molar refractivity (Wildman–Crippen MR) is 58.0 cm³/mol. The predicted octanol–water partition coefficient (Wildman–Crippen LogP) is 1.69. The van der Waals surface area contributed by atoms with Gasteiger partial charge in [-0.1, -0.05) is 6.07 Å². The molecular weight excluding hydrogens is 209 g/mol. The average Bonchev–Trinajstić information content (AvgIpc) is 2.81. The summed E-state index contributed by atoms with van der Waals surface area (Å²) >= 11 is 0. The number of carbonyl (C=O) groups excluding carboxylic acids is 1. The second-order valence-corrected chi connectivity index (χ2v) is 3.92. The molecule has 0 saturated carbocycles. The van der Waals surface area contributed by atoms with Crippen LogP contribution < -0.4 is 5.32 Å². The Balaban J connectivity index is 2.25. The molecule has 1 unspecified atom stereocenters. The van der Waals surface area contributed by atoms with Crippen molar-refractivity contribution in [2.75, 3.05) is 20.2 Å². The van der Waals surface area contributed by atoms with E-state index in [0.29, 0.717) is 5.56 Å². The Labute approximate surface area is 93.6 Å². The van der Waals surface area contributed by atoms with Crippen LogP contribution in [0.4, 0.5) is 4.39 Å². The maximum Gasteiger partial charge on any atom is 0.337 e. The van der Waals surface area contributed by atoms with Crippen molar-refractivity contribution in [3.8, 4) is 0 Å². The van der Waals surface area contributed by atoms with E-state index in [1.54, 1.807) is 12.1 Å². The number of rotatable bonds is 2. The first-order chi connectivity index (χ1) is 7.72. The van der Waals surface area contributed by atoms with Crippen LogP contribution in [0.25, 0.3) is 0 Å². The summed E-state index contributed by atoms with van der Waals surface area (Å²) in [4.78, 5) is 11.2. The van der Waals surface area contributed by atoms with Crippen LogP contribution in [-0.2, 0) is 4.74 Å². The molecular formula is C12H14FNO2. The molecule has 2 rings (SSSR count). The van der Waals surface area contributed by atoms with Gasteiger partial charge < -0.3 is 10.1 Å². The summed E-state index contributed by atoms with van der Waals surface area (Å²) in [5, 5.41) is 3.19. The smallest absolute Gasteiger partial charge is 0.337 e. The summed E-state index contributed by atoms with van der Waals surface area (Å²) in [5.74, 6) is -0.613. The van der Waals surface area contributed by atoms with E-state index in [2.05, 4.69) is 10.1 Å². The standard InChI is InChI=1S/C12H14FNO2/c1-16-12(15)8-2-3-10(11(13)6-8)9-4-5-14-7-9/h2-3,6,9,14H,4-5,7H2,1H3. The van der Waals surface area contributed by atoms with Crippen molar-refractivity contribution in [2.24, 2.45) is 0 Å². The zero-order chi connectivity index (χ0) is 11.5. The van der Waals surface area contributed by atoms with Gasteiger partial charge in [-0.05, 0) is 30.7 Å². The van der Waals surface area contributed by atoms with Gasteiger partial charge in [0, 0.05) is 12.5 Å². The first kappa shape index (κ1) is 11.1. The maximum atomic E-state index is 13.8. The van der Waals surface area contributed by atoms with Crippen molar-refractivity contribution in [3.63, 3.8) is 0 Å². The number of nitrogens with one attached hydrogen (secondary N) is 1. The molecule has 3 nitrogen and oxygen atoms in total.